The number of nitrogens with zero attached hydrogens (tertiary/aromatic N) is 4. The van der Waals surface area contributed by atoms with Crippen molar-refractivity contribution in [2.45, 2.75) is 45.4 Å². The molecule has 0 unspecified atom stereocenters. The first-order chi connectivity index (χ1) is 15.6. The zero-order valence-corrected chi connectivity index (χ0v) is 18.8. The minimum Gasteiger partial charge on any atom is -0.444 e. The third-order valence-electron chi connectivity index (χ3n) is 5.30. The Bertz CT molecular complexity index is 1170. The van der Waals surface area contributed by atoms with Gasteiger partial charge in [0, 0.05) is 30.1 Å². The summed E-state index contributed by atoms with van der Waals surface area (Å²) in [5, 5.41) is 4.82. The highest BCUT2D eigenvalue weighted by Crippen LogP contribution is 2.39. The lowest BCUT2D eigenvalue weighted by molar-refractivity contribution is -0.119. The predicted molar refractivity (Wildman–Crippen MR) is 120 cm³/mol. The minimum atomic E-state index is -0.666. The number of amides is 2. The van der Waals surface area contributed by atoms with Crippen LogP contribution in [0.1, 0.15) is 38.9 Å². The van der Waals surface area contributed by atoms with Crippen LogP contribution < -0.4 is 5.73 Å². The number of hydrogen-bond acceptors (Lipinski definition) is 5. The van der Waals surface area contributed by atoms with Crippen molar-refractivity contribution in [2.75, 3.05) is 6.54 Å². The van der Waals surface area contributed by atoms with Crippen molar-refractivity contribution < 1.29 is 18.7 Å². The van der Waals surface area contributed by atoms with E-state index in [1.54, 1.807) is 54.9 Å². The Labute approximate surface area is 191 Å². The van der Waals surface area contributed by atoms with Crippen LogP contribution in [0.5, 0.6) is 0 Å². The zero-order chi connectivity index (χ0) is 23.8. The molecule has 3 heterocycles. The van der Waals surface area contributed by atoms with Crippen LogP contribution in [0.15, 0.2) is 48.8 Å². The molecule has 9 heteroatoms. The van der Waals surface area contributed by atoms with Crippen molar-refractivity contribution in [3.63, 3.8) is 0 Å². The van der Waals surface area contributed by atoms with Gasteiger partial charge in [-0.05, 0) is 62.7 Å². The summed E-state index contributed by atoms with van der Waals surface area (Å²) in [5.74, 6) is -0.850. The Morgan fingerprint density at radius 1 is 1.12 bits per heavy atom. The standard InChI is InChI=1S/C24H26FN5O3/c1-24(2,3)33-23(32)29-13-18(12-20(26)31)30-19(14-29)21(15-8-10-27-11-9-15)22(28-30)16-4-6-17(25)7-5-16/h4-11,18H,12-14H2,1-3H3,(H2,26,31)/t18-/m1/s1. The first-order valence-electron chi connectivity index (χ1n) is 10.7. The molecule has 1 aromatic carbocycles. The van der Waals surface area contributed by atoms with Crippen molar-refractivity contribution in [3.05, 3.63) is 60.3 Å². The molecule has 0 fully saturated rings. The van der Waals surface area contributed by atoms with Gasteiger partial charge in [-0.1, -0.05) is 0 Å². The van der Waals surface area contributed by atoms with Crippen LogP contribution in [0.4, 0.5) is 9.18 Å². The monoisotopic (exact) mass is 451 g/mol. The highest BCUT2D eigenvalue weighted by Gasteiger charge is 2.35. The first kappa shape index (κ1) is 22.4. The second-order valence-electron chi connectivity index (χ2n) is 9.04. The van der Waals surface area contributed by atoms with Crippen LogP contribution in [-0.2, 0) is 16.1 Å². The summed E-state index contributed by atoms with van der Waals surface area (Å²) in [6.45, 7) is 5.86. The summed E-state index contributed by atoms with van der Waals surface area (Å²) in [7, 11) is 0. The lowest BCUT2D eigenvalue weighted by atomic mass is 9.98. The van der Waals surface area contributed by atoms with E-state index in [1.165, 1.54) is 12.1 Å². The van der Waals surface area contributed by atoms with E-state index < -0.39 is 23.6 Å². The molecule has 3 aromatic rings. The fourth-order valence-electron chi connectivity index (χ4n) is 3.98. The molecule has 4 rings (SSSR count). The van der Waals surface area contributed by atoms with Crippen LogP contribution in [0.2, 0.25) is 0 Å². The minimum absolute atomic E-state index is 0.00657. The van der Waals surface area contributed by atoms with Gasteiger partial charge in [-0.2, -0.15) is 5.10 Å². The van der Waals surface area contributed by atoms with Gasteiger partial charge >= 0.3 is 6.09 Å². The fourth-order valence-corrected chi connectivity index (χ4v) is 3.98. The topological polar surface area (TPSA) is 103 Å². The van der Waals surface area contributed by atoms with E-state index in [9.17, 15) is 14.0 Å². The van der Waals surface area contributed by atoms with Gasteiger partial charge in [-0.15, -0.1) is 0 Å². The number of rotatable bonds is 4. The number of ether oxygens (including phenoxy) is 1. The Morgan fingerprint density at radius 2 is 1.79 bits per heavy atom. The molecule has 2 amide bonds. The summed E-state index contributed by atoms with van der Waals surface area (Å²) in [6.07, 6.45) is 2.87. The second kappa shape index (κ2) is 8.65. The molecule has 0 saturated heterocycles. The van der Waals surface area contributed by atoms with Crippen LogP contribution >= 0.6 is 0 Å². The summed E-state index contributed by atoms with van der Waals surface area (Å²) in [6, 6.07) is 9.29. The third kappa shape index (κ3) is 4.87. The number of pyridine rings is 1. The molecule has 2 aromatic heterocycles. The van der Waals surface area contributed by atoms with Gasteiger partial charge < -0.3 is 15.4 Å². The van der Waals surface area contributed by atoms with E-state index in [0.29, 0.717) is 11.3 Å². The SMILES string of the molecule is CC(C)(C)OC(=O)N1Cc2c(-c3ccncc3)c(-c3ccc(F)cc3)nn2[C@H](CC(N)=O)C1. The summed E-state index contributed by atoms with van der Waals surface area (Å²) < 4.78 is 20.9. The van der Waals surface area contributed by atoms with Gasteiger partial charge in [0.05, 0.1) is 24.7 Å². The van der Waals surface area contributed by atoms with E-state index in [2.05, 4.69) is 4.98 Å². The number of nitrogens with two attached hydrogens (primary N) is 1. The van der Waals surface area contributed by atoms with E-state index >= 15 is 0 Å². The van der Waals surface area contributed by atoms with Gasteiger partial charge in [0.1, 0.15) is 17.1 Å². The van der Waals surface area contributed by atoms with Gasteiger partial charge in [-0.3, -0.25) is 14.5 Å². The second-order valence-corrected chi connectivity index (χ2v) is 9.04. The van der Waals surface area contributed by atoms with Crippen molar-refractivity contribution in [2.24, 2.45) is 5.73 Å². The normalized spacial score (nSPS) is 15.8. The quantitative estimate of drug-likeness (QED) is 0.648. The van der Waals surface area contributed by atoms with Crippen molar-refractivity contribution in [1.29, 1.82) is 0 Å². The molecule has 0 saturated carbocycles. The maximum Gasteiger partial charge on any atom is 0.410 e. The van der Waals surface area contributed by atoms with Gasteiger partial charge in [-0.25, -0.2) is 9.18 Å². The van der Waals surface area contributed by atoms with Crippen molar-refractivity contribution in [1.82, 2.24) is 19.7 Å². The molecule has 172 valence electrons. The maximum atomic E-state index is 13.6. The molecule has 1 aliphatic heterocycles. The molecule has 0 bridgehead atoms. The van der Waals surface area contributed by atoms with Crippen LogP contribution in [0.3, 0.4) is 0 Å². The molecule has 0 radical (unpaired) electrons. The Kier molecular flexibility index (Phi) is 5.88. The molecule has 8 nitrogen and oxygen atoms in total. The lowest BCUT2D eigenvalue weighted by Crippen LogP contribution is -2.44. The Morgan fingerprint density at radius 3 is 2.39 bits per heavy atom. The summed E-state index contributed by atoms with van der Waals surface area (Å²) in [5.41, 5.74) is 8.56. The van der Waals surface area contributed by atoms with E-state index in [4.69, 9.17) is 15.6 Å². The Balaban J connectivity index is 1.87. The molecule has 2 N–H and O–H groups in total. The Hall–Kier alpha value is -3.75. The molecule has 1 aliphatic rings. The average Bonchev–Trinajstić information content (AvgIpc) is 3.13. The number of benzene rings is 1. The summed E-state index contributed by atoms with van der Waals surface area (Å²) >= 11 is 0. The molecule has 0 spiro atoms. The largest absolute Gasteiger partial charge is 0.444 e. The van der Waals surface area contributed by atoms with Crippen LogP contribution in [-0.4, -0.2) is 43.8 Å². The van der Waals surface area contributed by atoms with E-state index in [1.807, 2.05) is 12.1 Å². The smallest absolute Gasteiger partial charge is 0.410 e. The number of fused-ring (bicyclic) bond motifs is 1. The number of aromatic nitrogens is 3. The van der Waals surface area contributed by atoms with Crippen molar-refractivity contribution in [3.8, 4) is 22.4 Å². The average molecular weight is 452 g/mol. The first-order valence-corrected chi connectivity index (χ1v) is 10.7. The van der Waals surface area contributed by atoms with Gasteiger partial charge in [0.15, 0.2) is 0 Å². The highest BCUT2D eigenvalue weighted by atomic mass is 19.1. The molecule has 1 atom stereocenters. The predicted octanol–water partition coefficient (Wildman–Crippen LogP) is 3.92. The molecule has 0 aliphatic carbocycles. The van der Waals surface area contributed by atoms with Crippen molar-refractivity contribution >= 4 is 12.0 Å². The number of carbonyl (C=O) groups excluding carboxylic acids is 2. The van der Waals surface area contributed by atoms with Crippen LogP contribution in [0.25, 0.3) is 22.4 Å². The highest BCUT2D eigenvalue weighted by molar-refractivity contribution is 5.83. The number of carbonyl (C=O) groups is 2. The zero-order valence-electron chi connectivity index (χ0n) is 18.8. The van der Waals surface area contributed by atoms with Gasteiger partial charge in [0.2, 0.25) is 5.91 Å². The fraction of sp³-hybridized carbons (Fsp3) is 0.333. The maximum absolute atomic E-state index is 13.6. The van der Waals surface area contributed by atoms with E-state index in [0.717, 1.165) is 16.8 Å². The molecular formula is C24H26FN5O3. The van der Waals surface area contributed by atoms with Gasteiger partial charge in [0.25, 0.3) is 0 Å². The number of hydrogen-bond donors (Lipinski definition) is 1. The number of halogens is 1. The van der Waals surface area contributed by atoms with E-state index in [-0.39, 0.29) is 25.3 Å². The lowest BCUT2D eigenvalue weighted by Gasteiger charge is -2.35. The summed E-state index contributed by atoms with van der Waals surface area (Å²) in [4.78, 5) is 30.4. The third-order valence-corrected chi connectivity index (χ3v) is 5.30. The molecule has 33 heavy (non-hydrogen) atoms. The molecular weight excluding hydrogens is 425 g/mol. The van der Waals surface area contributed by atoms with Crippen LogP contribution in [0, 0.1) is 5.82 Å². The number of primary amides is 1.